The summed E-state index contributed by atoms with van der Waals surface area (Å²) in [5, 5.41) is 0.763. The molecule has 3 nitrogen and oxygen atoms in total. The molecular weight excluding hydrogens is 226 g/mol. The number of hydrogen-bond donors (Lipinski definition) is 1. The van der Waals surface area contributed by atoms with E-state index in [2.05, 4.69) is 0 Å². The Morgan fingerprint density at radius 2 is 2.19 bits per heavy atom. The van der Waals surface area contributed by atoms with E-state index in [4.69, 9.17) is 26.8 Å². The molecule has 0 spiro atoms. The van der Waals surface area contributed by atoms with Gasteiger partial charge in [0.2, 0.25) is 6.79 Å². The Hall–Kier alpha value is -0.930. The number of benzene rings is 1. The van der Waals surface area contributed by atoms with Gasteiger partial charge >= 0.3 is 0 Å². The van der Waals surface area contributed by atoms with Crippen LogP contribution in [0.25, 0.3) is 0 Å². The Labute approximate surface area is 100 Å². The van der Waals surface area contributed by atoms with Crippen molar-refractivity contribution in [3.05, 3.63) is 22.2 Å². The molecule has 1 aliphatic rings. The molecule has 0 saturated heterocycles. The number of rotatable bonds is 4. The number of fused-ring (bicyclic) bond motifs is 1. The molecule has 0 aliphatic carbocycles. The Morgan fingerprint density at radius 1 is 1.38 bits per heavy atom. The summed E-state index contributed by atoms with van der Waals surface area (Å²) in [6, 6.07) is 1.84. The van der Waals surface area contributed by atoms with Gasteiger partial charge in [-0.1, -0.05) is 11.6 Å². The predicted octanol–water partition coefficient (Wildman–Crippen LogP) is 2.66. The van der Waals surface area contributed by atoms with Gasteiger partial charge < -0.3 is 15.2 Å². The maximum atomic E-state index is 6.23. The molecule has 0 fully saturated rings. The Balaban J connectivity index is 2.24. The predicted molar refractivity (Wildman–Crippen MR) is 64.3 cm³/mol. The first-order chi connectivity index (χ1) is 7.74. The van der Waals surface area contributed by atoms with Gasteiger partial charge in [0.1, 0.15) is 0 Å². The normalized spacial score (nSPS) is 13.2. The van der Waals surface area contributed by atoms with Crippen molar-refractivity contribution < 1.29 is 9.47 Å². The lowest BCUT2D eigenvalue weighted by Gasteiger charge is -2.10. The van der Waals surface area contributed by atoms with Crippen molar-refractivity contribution in [1.29, 1.82) is 0 Å². The van der Waals surface area contributed by atoms with Gasteiger partial charge in [-0.2, -0.15) is 0 Å². The van der Waals surface area contributed by atoms with Gasteiger partial charge in [0.25, 0.3) is 0 Å². The maximum absolute atomic E-state index is 6.23. The molecule has 1 aromatic rings. The standard InChI is InChI=1S/C12H16ClNO2/c1-8-9(4-2-3-5-14)10(13)6-11-12(8)16-7-15-11/h6H,2-5,7,14H2,1H3. The van der Waals surface area contributed by atoms with E-state index in [-0.39, 0.29) is 0 Å². The van der Waals surface area contributed by atoms with Gasteiger partial charge in [0, 0.05) is 11.1 Å². The minimum absolute atomic E-state index is 0.290. The van der Waals surface area contributed by atoms with Crippen LogP contribution in [-0.2, 0) is 6.42 Å². The number of halogens is 1. The SMILES string of the molecule is Cc1c(CCCCN)c(Cl)cc2c1OCO2. The van der Waals surface area contributed by atoms with E-state index in [0.717, 1.165) is 53.5 Å². The van der Waals surface area contributed by atoms with Crippen LogP contribution in [-0.4, -0.2) is 13.3 Å². The molecule has 88 valence electrons. The topological polar surface area (TPSA) is 44.5 Å². The van der Waals surface area contributed by atoms with Gasteiger partial charge in [-0.05, 0) is 43.9 Å². The molecule has 0 amide bonds. The summed E-state index contributed by atoms with van der Waals surface area (Å²) in [4.78, 5) is 0. The highest BCUT2D eigenvalue weighted by molar-refractivity contribution is 6.31. The molecule has 2 rings (SSSR count). The molecule has 0 aromatic heterocycles. The third kappa shape index (κ3) is 2.11. The first-order valence-electron chi connectivity index (χ1n) is 5.51. The molecule has 0 saturated carbocycles. The maximum Gasteiger partial charge on any atom is 0.231 e. The first-order valence-corrected chi connectivity index (χ1v) is 5.89. The second kappa shape index (κ2) is 4.93. The highest BCUT2D eigenvalue weighted by Gasteiger charge is 2.20. The van der Waals surface area contributed by atoms with Crippen LogP contribution < -0.4 is 15.2 Å². The summed E-state index contributed by atoms with van der Waals surface area (Å²) in [5.41, 5.74) is 7.73. The zero-order valence-corrected chi connectivity index (χ0v) is 10.1. The Kier molecular flexibility index (Phi) is 3.56. The van der Waals surface area contributed by atoms with Gasteiger partial charge in [-0.3, -0.25) is 0 Å². The summed E-state index contributed by atoms with van der Waals surface area (Å²) in [5.74, 6) is 1.59. The molecular formula is C12H16ClNO2. The third-order valence-electron chi connectivity index (χ3n) is 2.86. The van der Waals surface area contributed by atoms with E-state index in [0.29, 0.717) is 6.79 Å². The Bertz CT molecular complexity index is 393. The van der Waals surface area contributed by atoms with Gasteiger partial charge in [-0.25, -0.2) is 0 Å². The van der Waals surface area contributed by atoms with E-state index in [9.17, 15) is 0 Å². The lowest BCUT2D eigenvalue weighted by atomic mass is 10.0. The molecule has 1 aromatic carbocycles. The van der Waals surface area contributed by atoms with Crippen LogP contribution in [0.15, 0.2) is 6.07 Å². The highest BCUT2D eigenvalue weighted by Crippen LogP contribution is 2.41. The largest absolute Gasteiger partial charge is 0.454 e. The molecule has 16 heavy (non-hydrogen) atoms. The molecule has 4 heteroatoms. The second-order valence-electron chi connectivity index (χ2n) is 3.94. The van der Waals surface area contributed by atoms with Crippen LogP contribution in [0.2, 0.25) is 5.02 Å². The highest BCUT2D eigenvalue weighted by atomic mass is 35.5. The van der Waals surface area contributed by atoms with Gasteiger partial charge in [0.05, 0.1) is 0 Å². The second-order valence-corrected chi connectivity index (χ2v) is 4.35. The zero-order valence-electron chi connectivity index (χ0n) is 9.38. The summed E-state index contributed by atoms with van der Waals surface area (Å²) in [6.45, 7) is 3.04. The van der Waals surface area contributed by atoms with Crippen LogP contribution in [0.3, 0.4) is 0 Å². The quantitative estimate of drug-likeness (QED) is 0.825. The van der Waals surface area contributed by atoms with E-state index >= 15 is 0 Å². The fourth-order valence-electron chi connectivity index (χ4n) is 1.96. The monoisotopic (exact) mass is 241 g/mol. The molecule has 0 radical (unpaired) electrons. The molecule has 2 N–H and O–H groups in total. The van der Waals surface area contributed by atoms with Crippen molar-refractivity contribution in [1.82, 2.24) is 0 Å². The number of hydrogen-bond acceptors (Lipinski definition) is 3. The van der Waals surface area contributed by atoms with E-state index < -0.39 is 0 Å². The Morgan fingerprint density at radius 3 is 2.94 bits per heavy atom. The summed E-state index contributed by atoms with van der Waals surface area (Å²) < 4.78 is 10.7. The zero-order chi connectivity index (χ0) is 11.5. The molecule has 0 bridgehead atoms. The smallest absolute Gasteiger partial charge is 0.231 e. The van der Waals surface area contributed by atoms with E-state index in [1.54, 1.807) is 0 Å². The third-order valence-corrected chi connectivity index (χ3v) is 3.20. The fraction of sp³-hybridized carbons (Fsp3) is 0.500. The molecule has 1 aliphatic heterocycles. The van der Waals surface area contributed by atoms with Crippen molar-refractivity contribution in [2.45, 2.75) is 26.2 Å². The molecule has 1 heterocycles. The van der Waals surface area contributed by atoms with Crippen LogP contribution in [0.4, 0.5) is 0 Å². The van der Waals surface area contributed by atoms with Crippen LogP contribution in [0.1, 0.15) is 24.0 Å². The average molecular weight is 242 g/mol. The van der Waals surface area contributed by atoms with E-state index in [1.165, 1.54) is 0 Å². The van der Waals surface area contributed by atoms with Crippen molar-refractivity contribution >= 4 is 11.6 Å². The van der Waals surface area contributed by atoms with Crippen molar-refractivity contribution in [2.24, 2.45) is 5.73 Å². The summed E-state index contributed by atoms with van der Waals surface area (Å²) >= 11 is 6.23. The number of unbranched alkanes of at least 4 members (excludes halogenated alkanes) is 1. The number of nitrogens with two attached hydrogens (primary N) is 1. The lowest BCUT2D eigenvalue weighted by molar-refractivity contribution is 0.173. The van der Waals surface area contributed by atoms with E-state index in [1.807, 2.05) is 13.0 Å². The van der Waals surface area contributed by atoms with Crippen molar-refractivity contribution in [2.75, 3.05) is 13.3 Å². The molecule has 0 atom stereocenters. The first kappa shape index (κ1) is 11.6. The van der Waals surface area contributed by atoms with Crippen molar-refractivity contribution in [3.8, 4) is 11.5 Å². The number of ether oxygens (including phenoxy) is 2. The fourth-order valence-corrected chi connectivity index (χ4v) is 2.30. The van der Waals surface area contributed by atoms with Crippen LogP contribution in [0.5, 0.6) is 11.5 Å². The van der Waals surface area contributed by atoms with Crippen LogP contribution >= 0.6 is 11.6 Å². The van der Waals surface area contributed by atoms with Crippen LogP contribution in [0, 0.1) is 6.92 Å². The van der Waals surface area contributed by atoms with Gasteiger partial charge in [-0.15, -0.1) is 0 Å². The van der Waals surface area contributed by atoms with Crippen molar-refractivity contribution in [3.63, 3.8) is 0 Å². The summed E-state index contributed by atoms with van der Waals surface area (Å²) in [7, 11) is 0. The lowest BCUT2D eigenvalue weighted by Crippen LogP contribution is -2.00. The average Bonchev–Trinajstić information content (AvgIpc) is 2.71. The molecule has 0 unspecified atom stereocenters. The summed E-state index contributed by atoms with van der Waals surface area (Å²) in [6.07, 6.45) is 3.01. The minimum atomic E-state index is 0.290. The minimum Gasteiger partial charge on any atom is -0.454 e. The van der Waals surface area contributed by atoms with Gasteiger partial charge in [0.15, 0.2) is 11.5 Å².